The lowest BCUT2D eigenvalue weighted by Crippen LogP contribution is -2.54. The van der Waals surface area contributed by atoms with Crippen molar-refractivity contribution in [2.45, 2.75) is 38.1 Å². The molecule has 2 fully saturated rings. The highest BCUT2D eigenvalue weighted by Crippen LogP contribution is 2.26. The number of halogens is 1. The van der Waals surface area contributed by atoms with E-state index in [4.69, 9.17) is 0 Å². The van der Waals surface area contributed by atoms with Gasteiger partial charge in [-0.1, -0.05) is 12.1 Å². The van der Waals surface area contributed by atoms with Gasteiger partial charge in [0.05, 0.1) is 6.10 Å². The highest BCUT2D eigenvalue weighted by Gasteiger charge is 2.37. The van der Waals surface area contributed by atoms with Crippen LogP contribution in [0.4, 0.5) is 4.39 Å². The normalized spacial score (nSPS) is 32.5. The van der Waals surface area contributed by atoms with Crippen LogP contribution in [-0.2, 0) is 6.54 Å². The molecule has 19 heavy (non-hydrogen) atoms. The molecule has 1 aromatic carbocycles. The maximum atomic E-state index is 13.2. The van der Waals surface area contributed by atoms with Gasteiger partial charge in [-0.15, -0.1) is 0 Å². The molecule has 0 aromatic heterocycles. The molecule has 2 aliphatic heterocycles. The standard InChI is InChI=1S/C15H21FN2O/c1-11-7-18-10-15(19)6-14(18)9-17(11)8-12-3-2-4-13(16)5-12/h2-5,11,14-15,19H,6-10H2,1H3/t11-,14+,15-/m1/s1. The first-order valence-electron chi connectivity index (χ1n) is 7.02. The zero-order valence-electron chi connectivity index (χ0n) is 11.3. The van der Waals surface area contributed by atoms with Crippen molar-refractivity contribution in [2.75, 3.05) is 19.6 Å². The lowest BCUT2D eigenvalue weighted by atomic mass is 10.1. The minimum absolute atomic E-state index is 0.167. The summed E-state index contributed by atoms with van der Waals surface area (Å²) in [7, 11) is 0. The number of rotatable bonds is 2. The van der Waals surface area contributed by atoms with Crippen LogP contribution in [0, 0.1) is 5.82 Å². The first-order valence-corrected chi connectivity index (χ1v) is 7.02. The van der Waals surface area contributed by atoms with Gasteiger partial charge in [-0.05, 0) is 31.0 Å². The fraction of sp³-hybridized carbons (Fsp3) is 0.600. The lowest BCUT2D eigenvalue weighted by Gasteiger charge is -2.42. The molecule has 0 amide bonds. The Balaban J connectivity index is 1.68. The van der Waals surface area contributed by atoms with Crippen LogP contribution in [0.1, 0.15) is 18.9 Å². The SMILES string of the molecule is C[C@@H]1CN2C[C@H](O)C[C@H]2CN1Cc1cccc(F)c1. The van der Waals surface area contributed by atoms with Crippen molar-refractivity contribution in [3.05, 3.63) is 35.6 Å². The summed E-state index contributed by atoms with van der Waals surface area (Å²) >= 11 is 0. The van der Waals surface area contributed by atoms with E-state index in [1.807, 2.05) is 6.07 Å². The van der Waals surface area contributed by atoms with Crippen LogP contribution in [0.2, 0.25) is 0 Å². The average Bonchev–Trinajstić information content (AvgIpc) is 2.69. The number of hydrogen-bond acceptors (Lipinski definition) is 3. The lowest BCUT2D eigenvalue weighted by molar-refractivity contribution is 0.0528. The monoisotopic (exact) mass is 264 g/mol. The molecule has 104 valence electrons. The minimum Gasteiger partial charge on any atom is -0.392 e. The molecule has 3 rings (SSSR count). The quantitative estimate of drug-likeness (QED) is 0.876. The van der Waals surface area contributed by atoms with Crippen LogP contribution < -0.4 is 0 Å². The Morgan fingerprint density at radius 2 is 2.16 bits per heavy atom. The van der Waals surface area contributed by atoms with Crippen molar-refractivity contribution < 1.29 is 9.50 Å². The number of aliphatic hydroxyl groups is 1. The molecule has 0 unspecified atom stereocenters. The molecule has 3 atom stereocenters. The van der Waals surface area contributed by atoms with Gasteiger partial charge >= 0.3 is 0 Å². The molecule has 2 heterocycles. The Bertz CT molecular complexity index is 454. The van der Waals surface area contributed by atoms with Gasteiger partial charge in [-0.3, -0.25) is 9.80 Å². The van der Waals surface area contributed by atoms with E-state index in [-0.39, 0.29) is 11.9 Å². The topological polar surface area (TPSA) is 26.7 Å². The molecule has 0 saturated carbocycles. The molecule has 1 aromatic rings. The second kappa shape index (κ2) is 5.19. The molecule has 4 heteroatoms. The summed E-state index contributed by atoms with van der Waals surface area (Å²) in [5.41, 5.74) is 1.03. The van der Waals surface area contributed by atoms with Gasteiger partial charge in [0.1, 0.15) is 5.82 Å². The fourth-order valence-electron chi connectivity index (χ4n) is 3.37. The summed E-state index contributed by atoms with van der Waals surface area (Å²) in [6, 6.07) is 7.75. The summed E-state index contributed by atoms with van der Waals surface area (Å²) in [5, 5.41) is 9.75. The first kappa shape index (κ1) is 13.0. The maximum Gasteiger partial charge on any atom is 0.123 e. The van der Waals surface area contributed by atoms with E-state index in [0.29, 0.717) is 12.1 Å². The van der Waals surface area contributed by atoms with Crippen LogP contribution in [-0.4, -0.2) is 52.7 Å². The van der Waals surface area contributed by atoms with E-state index in [9.17, 15) is 9.50 Å². The van der Waals surface area contributed by atoms with Gasteiger partial charge < -0.3 is 5.11 Å². The Morgan fingerprint density at radius 1 is 1.32 bits per heavy atom. The van der Waals surface area contributed by atoms with Gasteiger partial charge in [-0.2, -0.15) is 0 Å². The zero-order valence-corrected chi connectivity index (χ0v) is 11.3. The Morgan fingerprint density at radius 3 is 2.95 bits per heavy atom. The highest BCUT2D eigenvalue weighted by molar-refractivity contribution is 5.16. The summed E-state index contributed by atoms with van der Waals surface area (Å²) < 4.78 is 13.2. The van der Waals surface area contributed by atoms with E-state index >= 15 is 0 Å². The third kappa shape index (κ3) is 2.81. The van der Waals surface area contributed by atoms with Gasteiger partial charge in [0.25, 0.3) is 0 Å². The van der Waals surface area contributed by atoms with Crippen LogP contribution >= 0.6 is 0 Å². The van der Waals surface area contributed by atoms with Crippen LogP contribution in [0.15, 0.2) is 24.3 Å². The molecule has 1 N–H and O–H groups in total. The van der Waals surface area contributed by atoms with E-state index in [1.54, 1.807) is 12.1 Å². The van der Waals surface area contributed by atoms with Crippen LogP contribution in [0.25, 0.3) is 0 Å². The van der Waals surface area contributed by atoms with Gasteiger partial charge in [-0.25, -0.2) is 4.39 Å². The van der Waals surface area contributed by atoms with E-state index < -0.39 is 0 Å². The molecule has 0 bridgehead atoms. The molecule has 3 nitrogen and oxygen atoms in total. The predicted molar refractivity (Wildman–Crippen MR) is 72.3 cm³/mol. The van der Waals surface area contributed by atoms with Crippen molar-refractivity contribution in [3.63, 3.8) is 0 Å². The van der Waals surface area contributed by atoms with Gasteiger partial charge in [0, 0.05) is 38.3 Å². The van der Waals surface area contributed by atoms with Gasteiger partial charge in [0.2, 0.25) is 0 Å². The van der Waals surface area contributed by atoms with Gasteiger partial charge in [0.15, 0.2) is 0 Å². The van der Waals surface area contributed by atoms with Crippen molar-refractivity contribution in [1.29, 1.82) is 0 Å². The number of benzene rings is 1. The summed E-state index contributed by atoms with van der Waals surface area (Å²) in [6.07, 6.45) is 0.693. The van der Waals surface area contributed by atoms with Crippen molar-refractivity contribution in [1.82, 2.24) is 9.80 Å². The van der Waals surface area contributed by atoms with Crippen LogP contribution in [0.5, 0.6) is 0 Å². The first-order chi connectivity index (χ1) is 9.11. The van der Waals surface area contributed by atoms with Crippen LogP contribution in [0.3, 0.4) is 0 Å². The van der Waals surface area contributed by atoms with Crippen molar-refractivity contribution in [3.8, 4) is 0 Å². The molecule has 0 aliphatic carbocycles. The number of hydrogen-bond donors (Lipinski definition) is 1. The average molecular weight is 264 g/mol. The fourth-order valence-corrected chi connectivity index (χ4v) is 3.37. The smallest absolute Gasteiger partial charge is 0.123 e. The third-order valence-corrected chi connectivity index (χ3v) is 4.35. The molecule has 2 saturated heterocycles. The summed E-state index contributed by atoms with van der Waals surface area (Å²) in [6.45, 7) is 5.77. The van der Waals surface area contributed by atoms with E-state index in [2.05, 4.69) is 16.7 Å². The zero-order chi connectivity index (χ0) is 13.4. The minimum atomic E-state index is -0.175. The molecule has 0 radical (unpaired) electrons. The maximum absolute atomic E-state index is 13.2. The molecule has 2 aliphatic rings. The number of aliphatic hydroxyl groups excluding tert-OH is 1. The highest BCUT2D eigenvalue weighted by atomic mass is 19.1. The number of nitrogens with zero attached hydrogens (tertiary/aromatic N) is 2. The number of fused-ring (bicyclic) bond motifs is 1. The van der Waals surface area contributed by atoms with E-state index in [1.165, 1.54) is 6.07 Å². The molecular weight excluding hydrogens is 243 g/mol. The second-order valence-electron chi connectivity index (χ2n) is 5.91. The predicted octanol–water partition coefficient (Wildman–Crippen LogP) is 1.46. The Kier molecular flexibility index (Phi) is 3.56. The van der Waals surface area contributed by atoms with E-state index in [0.717, 1.165) is 38.2 Å². The Hall–Kier alpha value is -0.970. The van der Waals surface area contributed by atoms with Crippen molar-refractivity contribution in [2.24, 2.45) is 0 Å². The summed E-state index contributed by atoms with van der Waals surface area (Å²) in [5.74, 6) is -0.167. The second-order valence-corrected chi connectivity index (χ2v) is 5.91. The molecular formula is C15H21FN2O. The Labute approximate surface area is 113 Å². The largest absolute Gasteiger partial charge is 0.392 e. The summed E-state index contributed by atoms with van der Waals surface area (Å²) in [4.78, 5) is 4.78. The number of piperazine rings is 1. The van der Waals surface area contributed by atoms with Crippen molar-refractivity contribution >= 4 is 0 Å². The third-order valence-electron chi connectivity index (χ3n) is 4.35. The molecule has 0 spiro atoms.